The summed E-state index contributed by atoms with van der Waals surface area (Å²) >= 11 is 0. The van der Waals surface area contributed by atoms with Gasteiger partial charge in [0.25, 0.3) is 11.8 Å². The third-order valence-electron chi connectivity index (χ3n) is 12.6. The van der Waals surface area contributed by atoms with Crippen molar-refractivity contribution in [1.29, 1.82) is 0 Å². The lowest BCUT2D eigenvalue weighted by Gasteiger charge is -2.43. The largest absolute Gasteiger partial charge is 0.456 e. The zero-order valence-electron chi connectivity index (χ0n) is 35.2. The number of ether oxygens (including phenoxy) is 2. The number of aryl methyl sites for hydroxylation is 2. The molecule has 1 aromatic heterocycles. The van der Waals surface area contributed by atoms with Gasteiger partial charge in [0.2, 0.25) is 0 Å². The Balaban J connectivity index is 0.940. The van der Waals surface area contributed by atoms with Crippen molar-refractivity contribution < 1.29 is 37.9 Å². The Labute approximate surface area is 350 Å². The number of anilines is 1. The number of esters is 1. The quantitative estimate of drug-likeness (QED) is 0.282. The molecule has 2 aromatic carbocycles. The maximum Gasteiger partial charge on any atom is 0.419 e. The van der Waals surface area contributed by atoms with Crippen molar-refractivity contribution in [3.05, 3.63) is 63.6 Å². The van der Waals surface area contributed by atoms with Crippen molar-refractivity contribution in [2.75, 3.05) is 91.5 Å². The highest BCUT2D eigenvalue weighted by Crippen LogP contribution is 2.27. The number of carbonyl (C=O) groups excluding carboxylic acids is 5. The van der Waals surface area contributed by atoms with Gasteiger partial charge in [-0.1, -0.05) is 24.3 Å². The highest BCUT2D eigenvalue weighted by Gasteiger charge is 2.37. The van der Waals surface area contributed by atoms with Crippen LogP contribution in [0.1, 0.15) is 48.8 Å². The standard InChI is InChI=1S/C43H58N8O9/c1-29-25-30(26-35-39(29)46(4)42(56)59-35)27-36(60-43(57)50-18-12-33(13-19-50)51-20-9-31-7-5-6-8-34(31)44-41(51)55)40(54)49-16-10-32(11-17-49)48-23-21-47(22-24-48)15-14-38(53)58-28-37(52)45(2)3/h5-8,25-26,32-33,36H,9-24,27-28H2,1-4H3,(H,44,55)/t36-/m1/s1. The molecule has 7 rings (SSSR count). The molecule has 3 saturated heterocycles. The molecule has 3 aromatic rings. The summed E-state index contributed by atoms with van der Waals surface area (Å²) in [7, 11) is 4.89. The van der Waals surface area contributed by atoms with E-state index in [2.05, 4.69) is 15.1 Å². The molecule has 1 N–H and O–H groups in total. The number of hydrogen-bond acceptors (Lipinski definition) is 11. The first-order valence-electron chi connectivity index (χ1n) is 21.2. The van der Waals surface area contributed by atoms with Crippen LogP contribution in [-0.2, 0) is 43.7 Å². The van der Waals surface area contributed by atoms with Crippen LogP contribution in [0.25, 0.3) is 11.1 Å². The van der Waals surface area contributed by atoms with Gasteiger partial charge in [0.15, 0.2) is 18.3 Å². The predicted molar refractivity (Wildman–Crippen MR) is 223 cm³/mol. The van der Waals surface area contributed by atoms with Gasteiger partial charge in [0.05, 0.1) is 11.9 Å². The van der Waals surface area contributed by atoms with Crippen LogP contribution in [0.4, 0.5) is 15.3 Å². The number of hydrogen-bond donors (Lipinski definition) is 1. The minimum absolute atomic E-state index is 0.0322. The highest BCUT2D eigenvalue weighted by molar-refractivity contribution is 5.91. The second-order valence-corrected chi connectivity index (χ2v) is 16.6. The number of likely N-dealkylation sites (tertiary alicyclic amines) is 2. The molecule has 0 spiro atoms. The van der Waals surface area contributed by atoms with Crippen LogP contribution in [0.5, 0.6) is 0 Å². The van der Waals surface area contributed by atoms with E-state index in [-0.39, 0.29) is 49.3 Å². The maximum absolute atomic E-state index is 14.3. The summed E-state index contributed by atoms with van der Waals surface area (Å²) in [5.74, 6) is -1.37. The van der Waals surface area contributed by atoms with E-state index < -0.39 is 18.0 Å². The number of fused-ring (bicyclic) bond motifs is 2. The topological polar surface area (TPSA) is 170 Å². The molecule has 0 bridgehead atoms. The number of piperazine rings is 1. The third-order valence-corrected chi connectivity index (χ3v) is 12.6. The van der Waals surface area contributed by atoms with Gasteiger partial charge >= 0.3 is 23.8 Å². The zero-order valence-corrected chi connectivity index (χ0v) is 35.2. The average Bonchev–Trinajstić information content (AvgIpc) is 3.43. The molecule has 0 unspecified atom stereocenters. The first-order chi connectivity index (χ1) is 28.8. The fourth-order valence-electron chi connectivity index (χ4n) is 8.99. The van der Waals surface area contributed by atoms with Crippen molar-refractivity contribution in [3.63, 3.8) is 0 Å². The van der Waals surface area contributed by atoms with Crippen LogP contribution < -0.4 is 11.1 Å². The fraction of sp³-hybridized carbons (Fsp3) is 0.581. The third kappa shape index (κ3) is 9.95. The molecule has 3 fully saturated rings. The van der Waals surface area contributed by atoms with E-state index in [1.807, 2.05) is 42.2 Å². The lowest BCUT2D eigenvalue weighted by atomic mass is 9.99. The SMILES string of the molecule is Cc1cc(C[C@@H](OC(=O)N2CCC(N3CCc4ccccc4NC3=O)CC2)C(=O)N2CCC(N3CCN(CCC(=O)OCC(=O)N(C)C)CC3)CC2)cc2oc(=O)n(C)c12. The van der Waals surface area contributed by atoms with E-state index in [0.717, 1.165) is 67.8 Å². The number of piperidine rings is 2. The van der Waals surface area contributed by atoms with Gasteiger partial charge in [-0.2, -0.15) is 0 Å². The second-order valence-electron chi connectivity index (χ2n) is 16.6. The van der Waals surface area contributed by atoms with E-state index in [9.17, 15) is 28.8 Å². The molecule has 17 heteroatoms. The smallest absolute Gasteiger partial charge is 0.419 e. The number of nitrogens with one attached hydrogen (secondary N) is 1. The molecular weight excluding hydrogens is 773 g/mol. The summed E-state index contributed by atoms with van der Waals surface area (Å²) in [5.41, 5.74) is 4.55. The number of aromatic nitrogens is 1. The molecule has 17 nitrogen and oxygen atoms in total. The number of likely N-dealkylation sites (N-methyl/N-ethyl adjacent to an activating group) is 1. The summed E-state index contributed by atoms with van der Waals surface area (Å²) < 4.78 is 18.2. The number of oxazole rings is 1. The van der Waals surface area contributed by atoms with Gasteiger partial charge in [-0.05, 0) is 67.9 Å². The van der Waals surface area contributed by atoms with Gasteiger partial charge < -0.3 is 43.7 Å². The van der Waals surface area contributed by atoms with E-state index >= 15 is 0 Å². The first kappa shape index (κ1) is 42.7. The van der Waals surface area contributed by atoms with Gasteiger partial charge in [0, 0.05) is 111 Å². The number of rotatable bonds is 11. The Kier molecular flexibility index (Phi) is 13.4. The van der Waals surface area contributed by atoms with Crippen LogP contribution in [0.15, 0.2) is 45.6 Å². The highest BCUT2D eigenvalue weighted by atomic mass is 16.6. The number of urea groups is 1. The van der Waals surface area contributed by atoms with Crippen LogP contribution >= 0.6 is 0 Å². The Morgan fingerprint density at radius 1 is 0.883 bits per heavy atom. The second kappa shape index (κ2) is 18.9. The monoisotopic (exact) mass is 830 g/mol. The van der Waals surface area contributed by atoms with Crippen molar-refractivity contribution in [1.82, 2.24) is 34.0 Å². The number of amides is 5. The molecule has 4 aliphatic rings. The van der Waals surface area contributed by atoms with Gasteiger partial charge in [0.1, 0.15) is 0 Å². The molecule has 4 aliphatic heterocycles. The van der Waals surface area contributed by atoms with E-state index in [1.54, 1.807) is 37.0 Å². The molecular formula is C43H58N8O9. The number of para-hydroxylation sites is 1. The molecule has 0 aliphatic carbocycles. The molecule has 0 radical (unpaired) electrons. The van der Waals surface area contributed by atoms with Crippen LogP contribution in [0.3, 0.4) is 0 Å². The van der Waals surface area contributed by atoms with Crippen molar-refractivity contribution >= 4 is 46.7 Å². The number of benzene rings is 2. The maximum atomic E-state index is 14.3. The molecule has 5 heterocycles. The fourth-order valence-corrected chi connectivity index (χ4v) is 8.99. The number of nitrogens with zero attached hydrogens (tertiary/aromatic N) is 7. The van der Waals surface area contributed by atoms with Crippen molar-refractivity contribution in [2.45, 2.75) is 70.1 Å². The average molecular weight is 831 g/mol. The Morgan fingerprint density at radius 2 is 1.57 bits per heavy atom. The molecule has 324 valence electrons. The Bertz CT molecular complexity index is 2110. The summed E-state index contributed by atoms with van der Waals surface area (Å²) in [6.07, 6.45) is 2.18. The normalized spacial score (nSPS) is 19.1. The molecule has 60 heavy (non-hydrogen) atoms. The summed E-state index contributed by atoms with van der Waals surface area (Å²) in [4.78, 5) is 89.0. The predicted octanol–water partition coefficient (Wildman–Crippen LogP) is 2.67. The van der Waals surface area contributed by atoms with E-state index in [1.165, 1.54) is 9.47 Å². The zero-order chi connectivity index (χ0) is 42.5. The molecule has 5 amide bonds. The van der Waals surface area contributed by atoms with E-state index in [4.69, 9.17) is 13.9 Å². The summed E-state index contributed by atoms with van der Waals surface area (Å²) in [5, 5.41) is 3.04. The lowest BCUT2D eigenvalue weighted by molar-refractivity contribution is -0.151. The van der Waals surface area contributed by atoms with Gasteiger partial charge in [-0.3, -0.25) is 23.9 Å². The van der Waals surface area contributed by atoms with Crippen LogP contribution in [0, 0.1) is 6.92 Å². The Morgan fingerprint density at radius 3 is 2.28 bits per heavy atom. The van der Waals surface area contributed by atoms with Gasteiger partial charge in [-0.15, -0.1) is 0 Å². The van der Waals surface area contributed by atoms with Gasteiger partial charge in [-0.25, -0.2) is 14.4 Å². The number of carbonyl (C=O) groups is 5. The van der Waals surface area contributed by atoms with Crippen molar-refractivity contribution in [2.24, 2.45) is 7.05 Å². The molecule has 0 saturated carbocycles. The van der Waals surface area contributed by atoms with Crippen molar-refractivity contribution in [3.8, 4) is 0 Å². The van der Waals surface area contributed by atoms with Crippen LogP contribution in [-0.4, -0.2) is 168 Å². The minimum Gasteiger partial charge on any atom is -0.456 e. The minimum atomic E-state index is -1.09. The van der Waals surface area contributed by atoms with Crippen LogP contribution in [0.2, 0.25) is 0 Å². The molecule has 1 atom stereocenters. The Hall–Kier alpha value is -5.42. The van der Waals surface area contributed by atoms with E-state index in [0.29, 0.717) is 69.3 Å². The lowest BCUT2D eigenvalue weighted by Crippen LogP contribution is -2.55. The first-order valence-corrected chi connectivity index (χ1v) is 21.2. The summed E-state index contributed by atoms with van der Waals surface area (Å²) in [6.45, 7) is 7.93. The summed E-state index contributed by atoms with van der Waals surface area (Å²) in [6, 6.07) is 11.6.